The van der Waals surface area contributed by atoms with Gasteiger partial charge in [0.05, 0.1) is 18.2 Å². The third kappa shape index (κ3) is 3.47. The maximum absolute atomic E-state index is 13.8. The Labute approximate surface area is 141 Å². The summed E-state index contributed by atoms with van der Waals surface area (Å²) >= 11 is 1.30. The van der Waals surface area contributed by atoms with Gasteiger partial charge in [-0.15, -0.1) is 11.3 Å². The molecule has 3 aromatic rings. The fraction of sp³-hybridized carbons (Fsp3) is 0.0556. The number of benzene rings is 2. The van der Waals surface area contributed by atoms with E-state index in [1.165, 1.54) is 23.5 Å². The Morgan fingerprint density at radius 2 is 2.08 bits per heavy atom. The highest BCUT2D eigenvalue weighted by molar-refractivity contribution is 7.07. The predicted octanol–water partition coefficient (Wildman–Crippen LogP) is 3.35. The van der Waals surface area contributed by atoms with Crippen LogP contribution in [-0.4, -0.2) is 10.5 Å². The molecule has 0 N–H and O–H groups in total. The molecule has 1 amide bonds. The fourth-order valence-electron chi connectivity index (χ4n) is 2.19. The summed E-state index contributed by atoms with van der Waals surface area (Å²) in [7, 11) is 0. The molecule has 0 atom stereocenters. The number of nitriles is 1. The standard InChI is InChI=1S/C18H12FN3OS/c19-16-7-2-1-5-15(16)12-22-8-9-24-18(22)21-17(23)14-6-3-4-13(10-14)11-20/h1-10H,12H2. The van der Waals surface area contributed by atoms with Gasteiger partial charge in [-0.05, 0) is 24.3 Å². The molecule has 0 radical (unpaired) electrons. The van der Waals surface area contributed by atoms with Crippen LogP contribution in [0.4, 0.5) is 4.39 Å². The lowest BCUT2D eigenvalue weighted by molar-refractivity contribution is 0.0997. The van der Waals surface area contributed by atoms with Gasteiger partial charge in [-0.25, -0.2) is 4.39 Å². The van der Waals surface area contributed by atoms with Crippen LogP contribution in [0.25, 0.3) is 0 Å². The normalized spacial score (nSPS) is 11.2. The minimum absolute atomic E-state index is 0.292. The molecule has 0 fully saturated rings. The van der Waals surface area contributed by atoms with Crippen molar-refractivity contribution >= 4 is 17.2 Å². The summed E-state index contributed by atoms with van der Waals surface area (Å²) in [6, 6.07) is 14.9. The van der Waals surface area contributed by atoms with E-state index in [-0.39, 0.29) is 5.82 Å². The van der Waals surface area contributed by atoms with Gasteiger partial charge in [-0.2, -0.15) is 10.3 Å². The average Bonchev–Trinajstić information content (AvgIpc) is 3.04. The van der Waals surface area contributed by atoms with Crippen molar-refractivity contribution in [2.45, 2.75) is 6.54 Å². The quantitative estimate of drug-likeness (QED) is 0.736. The number of carbonyl (C=O) groups excluding carboxylic acids is 1. The Bertz CT molecular complexity index is 997. The molecule has 0 aliphatic heterocycles. The fourth-order valence-corrected chi connectivity index (χ4v) is 2.92. The topological polar surface area (TPSA) is 58.1 Å². The van der Waals surface area contributed by atoms with Crippen LogP contribution >= 0.6 is 11.3 Å². The molecular weight excluding hydrogens is 325 g/mol. The monoisotopic (exact) mass is 337 g/mol. The van der Waals surface area contributed by atoms with Crippen molar-refractivity contribution < 1.29 is 9.18 Å². The van der Waals surface area contributed by atoms with Gasteiger partial charge in [0.25, 0.3) is 5.91 Å². The molecule has 118 valence electrons. The van der Waals surface area contributed by atoms with Crippen LogP contribution in [0.5, 0.6) is 0 Å². The lowest BCUT2D eigenvalue weighted by atomic mass is 10.1. The first-order valence-electron chi connectivity index (χ1n) is 7.14. The SMILES string of the molecule is N#Cc1cccc(C(=O)N=c2sccn2Cc2ccccc2F)c1. The third-order valence-corrected chi connectivity index (χ3v) is 4.19. The van der Waals surface area contributed by atoms with Gasteiger partial charge < -0.3 is 4.57 Å². The lowest BCUT2D eigenvalue weighted by Gasteiger charge is -2.04. The zero-order valence-corrected chi connectivity index (χ0v) is 13.3. The molecule has 0 spiro atoms. The molecule has 0 aliphatic rings. The number of rotatable bonds is 3. The first-order chi connectivity index (χ1) is 11.7. The Balaban J connectivity index is 1.92. The summed E-state index contributed by atoms with van der Waals surface area (Å²) in [4.78, 5) is 16.9. The van der Waals surface area contributed by atoms with E-state index >= 15 is 0 Å². The summed E-state index contributed by atoms with van der Waals surface area (Å²) < 4.78 is 15.5. The van der Waals surface area contributed by atoms with Crippen molar-refractivity contribution in [1.29, 1.82) is 5.26 Å². The molecule has 3 rings (SSSR count). The largest absolute Gasteiger partial charge is 0.319 e. The molecule has 0 unspecified atom stereocenters. The van der Waals surface area contributed by atoms with E-state index < -0.39 is 5.91 Å². The molecule has 1 aromatic heterocycles. The van der Waals surface area contributed by atoms with Gasteiger partial charge >= 0.3 is 0 Å². The van der Waals surface area contributed by atoms with Crippen LogP contribution in [-0.2, 0) is 6.54 Å². The van der Waals surface area contributed by atoms with Crippen LogP contribution in [0.2, 0.25) is 0 Å². The van der Waals surface area contributed by atoms with Crippen molar-refractivity contribution in [1.82, 2.24) is 4.57 Å². The van der Waals surface area contributed by atoms with Crippen molar-refractivity contribution in [3.8, 4) is 6.07 Å². The molecule has 0 saturated carbocycles. The minimum Gasteiger partial charge on any atom is -0.319 e. The van der Waals surface area contributed by atoms with Crippen molar-refractivity contribution in [3.05, 3.63) is 87.4 Å². The summed E-state index contributed by atoms with van der Waals surface area (Å²) in [5, 5.41) is 10.7. The second-order valence-corrected chi connectivity index (χ2v) is 5.89. The lowest BCUT2D eigenvalue weighted by Crippen LogP contribution is -2.17. The molecule has 0 aliphatic carbocycles. The van der Waals surface area contributed by atoms with E-state index in [1.54, 1.807) is 52.5 Å². The van der Waals surface area contributed by atoms with E-state index in [1.807, 2.05) is 6.07 Å². The Morgan fingerprint density at radius 1 is 1.25 bits per heavy atom. The number of amides is 1. The highest BCUT2D eigenvalue weighted by atomic mass is 32.1. The zero-order chi connectivity index (χ0) is 16.9. The molecule has 2 aromatic carbocycles. The first-order valence-corrected chi connectivity index (χ1v) is 8.02. The summed E-state index contributed by atoms with van der Waals surface area (Å²) in [5.41, 5.74) is 1.28. The van der Waals surface area contributed by atoms with Gasteiger partial charge in [0.2, 0.25) is 0 Å². The smallest absolute Gasteiger partial charge is 0.279 e. The molecule has 6 heteroatoms. The number of thiazole rings is 1. The Morgan fingerprint density at radius 3 is 2.88 bits per heavy atom. The predicted molar refractivity (Wildman–Crippen MR) is 88.9 cm³/mol. The highest BCUT2D eigenvalue weighted by Crippen LogP contribution is 2.09. The maximum Gasteiger partial charge on any atom is 0.279 e. The number of hydrogen-bond donors (Lipinski definition) is 0. The Hall–Kier alpha value is -3.04. The van der Waals surface area contributed by atoms with Gasteiger partial charge in [0.15, 0.2) is 4.80 Å². The van der Waals surface area contributed by atoms with Crippen LogP contribution in [0.1, 0.15) is 21.5 Å². The van der Waals surface area contributed by atoms with Gasteiger partial charge in [0.1, 0.15) is 5.82 Å². The van der Waals surface area contributed by atoms with Crippen LogP contribution in [0.15, 0.2) is 65.1 Å². The summed E-state index contributed by atoms with van der Waals surface area (Å²) in [5.74, 6) is -0.730. The van der Waals surface area contributed by atoms with E-state index in [0.717, 1.165) is 0 Å². The molecule has 4 nitrogen and oxygen atoms in total. The van der Waals surface area contributed by atoms with Gasteiger partial charge in [-0.3, -0.25) is 4.79 Å². The number of aromatic nitrogens is 1. The van der Waals surface area contributed by atoms with E-state index in [4.69, 9.17) is 5.26 Å². The summed E-state index contributed by atoms with van der Waals surface area (Å²) in [6.45, 7) is 0.292. The molecule has 1 heterocycles. The molecule has 24 heavy (non-hydrogen) atoms. The average molecular weight is 337 g/mol. The minimum atomic E-state index is -0.433. The van der Waals surface area contributed by atoms with Gasteiger partial charge in [-0.1, -0.05) is 24.3 Å². The number of nitrogens with zero attached hydrogens (tertiary/aromatic N) is 3. The zero-order valence-electron chi connectivity index (χ0n) is 12.5. The Kier molecular flexibility index (Phi) is 4.64. The number of halogens is 1. The maximum atomic E-state index is 13.8. The van der Waals surface area contributed by atoms with Crippen LogP contribution < -0.4 is 4.80 Å². The van der Waals surface area contributed by atoms with Crippen molar-refractivity contribution in [3.63, 3.8) is 0 Å². The molecule has 0 saturated heterocycles. The van der Waals surface area contributed by atoms with E-state index in [9.17, 15) is 9.18 Å². The highest BCUT2D eigenvalue weighted by Gasteiger charge is 2.07. The third-order valence-electron chi connectivity index (χ3n) is 3.39. The van der Waals surface area contributed by atoms with E-state index in [2.05, 4.69) is 4.99 Å². The van der Waals surface area contributed by atoms with Crippen LogP contribution in [0, 0.1) is 17.1 Å². The summed E-state index contributed by atoms with van der Waals surface area (Å²) in [6.07, 6.45) is 1.76. The van der Waals surface area contributed by atoms with Gasteiger partial charge in [0, 0.05) is 22.7 Å². The number of carbonyl (C=O) groups is 1. The van der Waals surface area contributed by atoms with E-state index in [0.29, 0.717) is 28.0 Å². The van der Waals surface area contributed by atoms with Crippen molar-refractivity contribution in [2.75, 3.05) is 0 Å². The molecule has 0 bridgehead atoms. The molecular formula is C18H12FN3OS. The number of hydrogen-bond acceptors (Lipinski definition) is 3. The second-order valence-electron chi connectivity index (χ2n) is 5.01. The van der Waals surface area contributed by atoms with Crippen LogP contribution in [0.3, 0.4) is 0 Å². The van der Waals surface area contributed by atoms with Crippen molar-refractivity contribution in [2.24, 2.45) is 4.99 Å². The first kappa shape index (κ1) is 15.8. The second kappa shape index (κ2) is 7.02.